The number of benzene rings is 3. The molecule has 0 spiro atoms. The van der Waals surface area contributed by atoms with Crippen molar-refractivity contribution in [2.45, 2.75) is 32.0 Å². The number of carbonyl (C=O) groups excluding carboxylic acids is 2. The number of nitrogens with one attached hydrogen (secondary N) is 2. The predicted octanol–water partition coefficient (Wildman–Crippen LogP) is 5.82. The highest BCUT2D eigenvalue weighted by molar-refractivity contribution is 6.31. The lowest BCUT2D eigenvalue weighted by Crippen LogP contribution is -2.30. The van der Waals surface area contributed by atoms with E-state index in [4.69, 9.17) is 17.3 Å². The number of piperidine rings is 1. The average molecular weight is 558 g/mol. The van der Waals surface area contributed by atoms with Crippen molar-refractivity contribution in [1.29, 1.82) is 0 Å². The highest BCUT2D eigenvalue weighted by atomic mass is 35.5. The van der Waals surface area contributed by atoms with Gasteiger partial charge in [-0.2, -0.15) is 18.3 Å². The lowest BCUT2D eigenvalue weighted by molar-refractivity contribution is -0.137. The number of nitrogens with two attached hydrogens (primary N) is 1. The molecule has 1 aliphatic rings. The van der Waals surface area contributed by atoms with Crippen LogP contribution in [-0.4, -0.2) is 31.1 Å². The standard InChI is InChI=1S/C28H27ClF3N5O2/c29-24-9-7-19(14-23(24)28(30,31)32)17-34-36-27(39)22-15-21(37-11-2-1-3-12-37)8-10-25(22)35-26(38)20-6-4-5-18(13-20)16-33/h4-10,13-15,17H,1-3,11-12,16,33H2,(H,35,38)(H,36,39). The molecule has 39 heavy (non-hydrogen) atoms. The number of hydrazone groups is 1. The van der Waals surface area contributed by atoms with Gasteiger partial charge in [0.1, 0.15) is 0 Å². The molecule has 3 aromatic carbocycles. The summed E-state index contributed by atoms with van der Waals surface area (Å²) < 4.78 is 39.5. The van der Waals surface area contributed by atoms with Crippen LogP contribution in [0, 0.1) is 0 Å². The minimum atomic E-state index is -4.63. The molecule has 7 nitrogen and oxygen atoms in total. The summed E-state index contributed by atoms with van der Waals surface area (Å²) in [5.41, 5.74) is 9.53. The zero-order valence-electron chi connectivity index (χ0n) is 20.9. The van der Waals surface area contributed by atoms with E-state index < -0.39 is 28.6 Å². The zero-order chi connectivity index (χ0) is 28.0. The molecule has 0 radical (unpaired) electrons. The Morgan fingerprint density at radius 3 is 2.49 bits per heavy atom. The lowest BCUT2D eigenvalue weighted by atomic mass is 10.1. The van der Waals surface area contributed by atoms with Crippen LogP contribution >= 0.6 is 11.6 Å². The molecule has 0 unspecified atom stereocenters. The smallest absolute Gasteiger partial charge is 0.372 e. The van der Waals surface area contributed by atoms with Crippen LogP contribution < -0.4 is 21.4 Å². The van der Waals surface area contributed by atoms with E-state index in [9.17, 15) is 22.8 Å². The van der Waals surface area contributed by atoms with Gasteiger partial charge in [-0.15, -0.1) is 0 Å². The molecule has 204 valence electrons. The quantitative estimate of drug-likeness (QED) is 0.252. The number of halogens is 4. The first kappa shape index (κ1) is 28.1. The summed E-state index contributed by atoms with van der Waals surface area (Å²) in [6.45, 7) is 1.96. The van der Waals surface area contributed by atoms with Crippen molar-refractivity contribution >= 4 is 41.0 Å². The van der Waals surface area contributed by atoms with Crippen molar-refractivity contribution in [3.05, 3.63) is 93.5 Å². The van der Waals surface area contributed by atoms with E-state index in [1.807, 2.05) is 6.07 Å². The lowest BCUT2D eigenvalue weighted by Gasteiger charge is -2.29. The normalized spacial score (nSPS) is 13.9. The van der Waals surface area contributed by atoms with E-state index >= 15 is 0 Å². The van der Waals surface area contributed by atoms with Crippen LogP contribution in [0.2, 0.25) is 5.02 Å². The number of alkyl halides is 3. The molecule has 1 fully saturated rings. The molecule has 1 heterocycles. The first-order chi connectivity index (χ1) is 18.7. The van der Waals surface area contributed by atoms with Crippen LogP contribution in [-0.2, 0) is 12.7 Å². The summed E-state index contributed by atoms with van der Waals surface area (Å²) in [6, 6.07) is 15.3. The predicted molar refractivity (Wildman–Crippen MR) is 146 cm³/mol. The van der Waals surface area contributed by atoms with Crippen molar-refractivity contribution < 1.29 is 22.8 Å². The fourth-order valence-corrected chi connectivity index (χ4v) is 4.50. The third-order valence-corrected chi connectivity index (χ3v) is 6.65. The summed E-state index contributed by atoms with van der Waals surface area (Å²) in [6.07, 6.45) is -0.342. The van der Waals surface area contributed by atoms with Gasteiger partial charge in [0.25, 0.3) is 11.8 Å². The van der Waals surface area contributed by atoms with Gasteiger partial charge in [0.05, 0.1) is 28.1 Å². The van der Waals surface area contributed by atoms with Crippen molar-refractivity contribution in [1.82, 2.24) is 5.43 Å². The van der Waals surface area contributed by atoms with Gasteiger partial charge in [0.15, 0.2) is 0 Å². The van der Waals surface area contributed by atoms with Gasteiger partial charge >= 0.3 is 6.18 Å². The number of nitrogens with zero attached hydrogens (tertiary/aromatic N) is 2. The maximum atomic E-state index is 13.2. The van der Waals surface area contributed by atoms with Crippen LogP contribution in [0.4, 0.5) is 24.5 Å². The van der Waals surface area contributed by atoms with Crippen LogP contribution in [0.15, 0.2) is 65.8 Å². The molecule has 2 amide bonds. The number of carbonyl (C=O) groups is 2. The maximum Gasteiger partial charge on any atom is 0.417 e. The Hall–Kier alpha value is -3.89. The van der Waals surface area contributed by atoms with Gasteiger partial charge in [0.2, 0.25) is 0 Å². The van der Waals surface area contributed by atoms with Gasteiger partial charge in [-0.3, -0.25) is 9.59 Å². The SMILES string of the molecule is NCc1cccc(C(=O)Nc2ccc(N3CCCCC3)cc2C(=O)NN=Cc2ccc(Cl)c(C(F)(F)F)c2)c1. The maximum absolute atomic E-state index is 13.2. The van der Waals surface area contributed by atoms with Gasteiger partial charge < -0.3 is 16.0 Å². The molecule has 1 saturated heterocycles. The molecule has 0 saturated carbocycles. The largest absolute Gasteiger partial charge is 0.417 e. The first-order valence-electron chi connectivity index (χ1n) is 12.3. The number of amides is 2. The van der Waals surface area contributed by atoms with Crippen molar-refractivity contribution in [3.8, 4) is 0 Å². The molecule has 0 bridgehead atoms. The van der Waals surface area contributed by atoms with Crippen molar-refractivity contribution in [2.75, 3.05) is 23.3 Å². The summed E-state index contributed by atoms with van der Waals surface area (Å²) in [5, 5.41) is 6.18. The zero-order valence-corrected chi connectivity index (χ0v) is 21.6. The van der Waals surface area contributed by atoms with E-state index in [1.54, 1.807) is 36.4 Å². The van der Waals surface area contributed by atoms with E-state index in [1.165, 1.54) is 6.07 Å². The molecular formula is C28H27ClF3N5O2. The second-order valence-corrected chi connectivity index (χ2v) is 9.48. The molecule has 4 rings (SSSR count). The first-order valence-corrected chi connectivity index (χ1v) is 12.7. The van der Waals surface area contributed by atoms with Gasteiger partial charge in [-0.1, -0.05) is 29.8 Å². The Morgan fingerprint density at radius 1 is 1.00 bits per heavy atom. The third kappa shape index (κ3) is 7.15. The molecule has 0 atom stereocenters. The second kappa shape index (κ2) is 12.3. The molecule has 0 aliphatic carbocycles. The molecule has 3 aromatic rings. The Kier molecular flexibility index (Phi) is 8.88. The Labute approximate surface area is 228 Å². The van der Waals surface area contributed by atoms with Crippen LogP contribution in [0.1, 0.15) is 56.7 Å². The molecule has 4 N–H and O–H groups in total. The average Bonchev–Trinajstić information content (AvgIpc) is 2.94. The summed E-state index contributed by atoms with van der Waals surface area (Å²) >= 11 is 5.67. The van der Waals surface area contributed by atoms with E-state index in [2.05, 4.69) is 20.7 Å². The molecular weight excluding hydrogens is 531 g/mol. The number of hydrogen-bond acceptors (Lipinski definition) is 5. The third-order valence-electron chi connectivity index (χ3n) is 6.32. The van der Waals surface area contributed by atoms with Gasteiger partial charge in [0, 0.05) is 30.9 Å². The van der Waals surface area contributed by atoms with E-state index in [0.717, 1.165) is 62.0 Å². The van der Waals surface area contributed by atoms with Crippen LogP contribution in [0.25, 0.3) is 0 Å². The van der Waals surface area contributed by atoms with Crippen molar-refractivity contribution in [3.63, 3.8) is 0 Å². The topological polar surface area (TPSA) is 99.8 Å². The summed E-state index contributed by atoms with van der Waals surface area (Å²) in [7, 11) is 0. The van der Waals surface area contributed by atoms with Crippen LogP contribution in [0.5, 0.6) is 0 Å². The molecule has 0 aromatic heterocycles. The minimum Gasteiger partial charge on any atom is -0.372 e. The Balaban J connectivity index is 1.58. The van der Waals surface area contributed by atoms with Crippen molar-refractivity contribution in [2.24, 2.45) is 10.8 Å². The van der Waals surface area contributed by atoms with Gasteiger partial charge in [-0.25, -0.2) is 5.43 Å². The second-order valence-electron chi connectivity index (χ2n) is 9.07. The van der Waals surface area contributed by atoms with Gasteiger partial charge in [-0.05, 0) is 72.9 Å². The fourth-order valence-electron chi connectivity index (χ4n) is 4.28. The number of rotatable bonds is 7. The highest BCUT2D eigenvalue weighted by Gasteiger charge is 2.33. The summed E-state index contributed by atoms with van der Waals surface area (Å²) in [5.74, 6) is -1.06. The van der Waals surface area contributed by atoms with E-state index in [-0.39, 0.29) is 23.4 Å². The van der Waals surface area contributed by atoms with E-state index in [0.29, 0.717) is 5.56 Å². The fraction of sp³-hybridized carbons (Fsp3) is 0.250. The molecule has 11 heteroatoms. The Morgan fingerprint density at radius 2 is 1.77 bits per heavy atom. The molecule has 1 aliphatic heterocycles. The number of hydrogen-bond donors (Lipinski definition) is 3. The number of anilines is 2. The Bertz CT molecular complexity index is 1390. The van der Waals surface area contributed by atoms with Crippen LogP contribution in [0.3, 0.4) is 0 Å². The highest BCUT2D eigenvalue weighted by Crippen LogP contribution is 2.35. The summed E-state index contributed by atoms with van der Waals surface area (Å²) in [4.78, 5) is 28.3. The minimum absolute atomic E-state index is 0.0994. The monoisotopic (exact) mass is 557 g/mol.